The van der Waals surface area contributed by atoms with Gasteiger partial charge in [-0.25, -0.2) is 4.79 Å². The number of amides is 4. The van der Waals surface area contributed by atoms with Gasteiger partial charge in [-0.15, -0.1) is 0 Å². The molecule has 0 saturated carbocycles. The van der Waals surface area contributed by atoms with E-state index < -0.39 is 30.0 Å². The third kappa shape index (κ3) is 4.29. The molecule has 9 heteroatoms. The van der Waals surface area contributed by atoms with Crippen LogP contribution in [0.2, 0.25) is 0 Å². The highest BCUT2D eigenvalue weighted by atomic mass is 16.4. The van der Waals surface area contributed by atoms with Gasteiger partial charge < -0.3 is 21.1 Å². The van der Waals surface area contributed by atoms with Gasteiger partial charge >= 0.3 is 12.0 Å². The summed E-state index contributed by atoms with van der Waals surface area (Å²) in [6.45, 7) is 4.62. The summed E-state index contributed by atoms with van der Waals surface area (Å²) < 4.78 is 0. The largest absolute Gasteiger partial charge is 0.480 e. The van der Waals surface area contributed by atoms with Crippen LogP contribution < -0.4 is 20.9 Å². The zero-order chi connectivity index (χ0) is 19.4. The Morgan fingerprint density at radius 2 is 1.81 bits per heavy atom. The first-order valence-corrected chi connectivity index (χ1v) is 8.20. The van der Waals surface area contributed by atoms with E-state index >= 15 is 0 Å². The summed E-state index contributed by atoms with van der Waals surface area (Å²) in [4.78, 5) is 49.0. The second-order valence-electron chi connectivity index (χ2n) is 6.39. The highest BCUT2D eigenvalue weighted by Crippen LogP contribution is 2.28. The van der Waals surface area contributed by atoms with Crippen molar-refractivity contribution in [1.82, 2.24) is 10.6 Å². The van der Waals surface area contributed by atoms with Crippen molar-refractivity contribution < 1.29 is 24.3 Å². The van der Waals surface area contributed by atoms with Crippen molar-refractivity contribution >= 4 is 35.2 Å². The quantitative estimate of drug-likeness (QED) is 0.615. The van der Waals surface area contributed by atoms with E-state index in [1.807, 2.05) is 0 Å². The molecule has 0 aliphatic carbocycles. The maximum Gasteiger partial charge on any atom is 0.325 e. The van der Waals surface area contributed by atoms with Crippen LogP contribution in [0, 0.1) is 5.92 Å². The van der Waals surface area contributed by atoms with Crippen LogP contribution in [0.25, 0.3) is 0 Å². The third-order valence-corrected chi connectivity index (χ3v) is 3.97. The van der Waals surface area contributed by atoms with Gasteiger partial charge in [-0.05, 0) is 25.0 Å². The molecule has 140 valence electrons. The number of carbonyl (C=O) groups excluding carboxylic acids is 3. The average molecular weight is 362 g/mol. The van der Waals surface area contributed by atoms with Gasteiger partial charge in [0.2, 0.25) is 11.8 Å². The lowest BCUT2D eigenvalue weighted by molar-refractivity contribution is -0.141. The molecule has 0 aromatic heterocycles. The SMILES string of the molecule is CC(C)[C@H](NC(=O)N1CC(=O)Nc2ccccc21)C(=O)N[C@@H](C)C(=O)O. The first-order valence-electron chi connectivity index (χ1n) is 8.20. The number of carboxylic acids is 1. The number of urea groups is 1. The standard InChI is InChI=1S/C17H22N4O5/c1-9(2)14(15(23)18-10(3)16(24)25)20-17(26)21-8-13(22)19-11-6-4-5-7-12(11)21/h4-7,9-10,14H,8H2,1-3H3,(H,18,23)(H,19,22)(H,20,26)(H,24,25)/t10-,14-/m0/s1. The van der Waals surface area contributed by atoms with Crippen molar-refractivity contribution in [2.24, 2.45) is 5.92 Å². The summed E-state index contributed by atoms with van der Waals surface area (Å²) in [5.41, 5.74) is 1.02. The maximum atomic E-state index is 12.7. The monoisotopic (exact) mass is 362 g/mol. The van der Waals surface area contributed by atoms with E-state index in [0.29, 0.717) is 11.4 Å². The van der Waals surface area contributed by atoms with Gasteiger partial charge in [0.25, 0.3) is 0 Å². The Morgan fingerprint density at radius 3 is 2.42 bits per heavy atom. The lowest BCUT2D eigenvalue weighted by atomic mass is 10.0. The second kappa shape index (κ2) is 7.85. The number of benzene rings is 1. The normalized spacial score (nSPS) is 15.5. The molecule has 2 rings (SSSR count). The van der Waals surface area contributed by atoms with E-state index in [1.165, 1.54) is 11.8 Å². The predicted octanol–water partition coefficient (Wildman–Crippen LogP) is 0.769. The number of aliphatic carboxylic acids is 1. The molecule has 1 aromatic carbocycles. The van der Waals surface area contributed by atoms with Crippen molar-refractivity contribution in [3.63, 3.8) is 0 Å². The molecule has 4 N–H and O–H groups in total. The summed E-state index contributed by atoms with van der Waals surface area (Å²) in [5.74, 6) is -2.40. The van der Waals surface area contributed by atoms with E-state index in [-0.39, 0.29) is 18.4 Å². The van der Waals surface area contributed by atoms with Crippen LogP contribution in [0.5, 0.6) is 0 Å². The fraction of sp³-hybridized carbons (Fsp3) is 0.412. The number of anilines is 2. The minimum Gasteiger partial charge on any atom is -0.480 e. The topological polar surface area (TPSA) is 128 Å². The first-order chi connectivity index (χ1) is 12.2. The number of nitrogens with one attached hydrogen (secondary N) is 3. The lowest BCUT2D eigenvalue weighted by Gasteiger charge is -2.31. The number of carbonyl (C=O) groups is 4. The van der Waals surface area contributed by atoms with Gasteiger partial charge in [0.05, 0.1) is 11.4 Å². The smallest absolute Gasteiger partial charge is 0.325 e. The van der Waals surface area contributed by atoms with Crippen molar-refractivity contribution in [3.8, 4) is 0 Å². The Bertz CT molecular complexity index is 734. The minimum atomic E-state index is -1.17. The molecule has 9 nitrogen and oxygen atoms in total. The van der Waals surface area contributed by atoms with E-state index in [2.05, 4.69) is 16.0 Å². The summed E-state index contributed by atoms with van der Waals surface area (Å²) in [5, 5.41) is 16.5. The van der Waals surface area contributed by atoms with Crippen LogP contribution in [0.3, 0.4) is 0 Å². The number of para-hydroxylation sites is 2. The molecular formula is C17H22N4O5. The Balaban J connectivity index is 2.16. The van der Waals surface area contributed by atoms with Gasteiger partial charge in [0.15, 0.2) is 0 Å². The number of hydrogen-bond donors (Lipinski definition) is 4. The third-order valence-electron chi connectivity index (χ3n) is 3.97. The molecule has 1 aromatic rings. The van der Waals surface area contributed by atoms with Gasteiger partial charge in [0, 0.05) is 0 Å². The van der Waals surface area contributed by atoms with E-state index in [1.54, 1.807) is 38.1 Å². The molecule has 0 unspecified atom stereocenters. The Hall–Kier alpha value is -3.10. The molecule has 1 heterocycles. The molecule has 0 radical (unpaired) electrons. The van der Waals surface area contributed by atoms with Crippen LogP contribution in [-0.4, -0.2) is 47.5 Å². The fourth-order valence-electron chi connectivity index (χ4n) is 2.53. The van der Waals surface area contributed by atoms with Gasteiger partial charge in [-0.1, -0.05) is 26.0 Å². The molecule has 26 heavy (non-hydrogen) atoms. The Labute approximate surface area is 150 Å². The average Bonchev–Trinajstić information content (AvgIpc) is 2.57. The lowest BCUT2D eigenvalue weighted by Crippen LogP contribution is -2.57. The van der Waals surface area contributed by atoms with E-state index in [9.17, 15) is 19.2 Å². The predicted molar refractivity (Wildman–Crippen MR) is 94.8 cm³/mol. The van der Waals surface area contributed by atoms with Crippen LogP contribution in [-0.2, 0) is 14.4 Å². The zero-order valence-electron chi connectivity index (χ0n) is 14.8. The van der Waals surface area contributed by atoms with Crippen LogP contribution in [0.4, 0.5) is 16.2 Å². The summed E-state index contributed by atoms with van der Waals surface area (Å²) in [6.07, 6.45) is 0. The van der Waals surface area contributed by atoms with Crippen LogP contribution >= 0.6 is 0 Å². The van der Waals surface area contributed by atoms with Crippen molar-refractivity contribution in [1.29, 1.82) is 0 Å². The molecule has 1 aliphatic rings. The molecule has 4 amide bonds. The molecule has 2 atom stereocenters. The number of hydrogen-bond acceptors (Lipinski definition) is 4. The molecule has 1 aliphatic heterocycles. The second-order valence-corrected chi connectivity index (χ2v) is 6.39. The van der Waals surface area contributed by atoms with E-state index in [0.717, 1.165) is 0 Å². The summed E-state index contributed by atoms with van der Waals surface area (Å²) in [7, 11) is 0. The molecule has 0 bridgehead atoms. The highest BCUT2D eigenvalue weighted by Gasteiger charge is 2.32. The van der Waals surface area contributed by atoms with Crippen molar-refractivity contribution in [2.45, 2.75) is 32.9 Å². The first kappa shape index (κ1) is 19.2. The summed E-state index contributed by atoms with van der Waals surface area (Å²) >= 11 is 0. The van der Waals surface area contributed by atoms with Gasteiger partial charge in [-0.3, -0.25) is 19.3 Å². The molecular weight excluding hydrogens is 340 g/mol. The van der Waals surface area contributed by atoms with Gasteiger partial charge in [0.1, 0.15) is 18.6 Å². The summed E-state index contributed by atoms with van der Waals surface area (Å²) in [6, 6.07) is 4.20. The van der Waals surface area contributed by atoms with Crippen LogP contribution in [0.1, 0.15) is 20.8 Å². The molecule has 0 saturated heterocycles. The molecule has 0 fully saturated rings. The minimum absolute atomic E-state index is 0.180. The van der Waals surface area contributed by atoms with E-state index in [4.69, 9.17) is 5.11 Å². The maximum absolute atomic E-state index is 12.7. The van der Waals surface area contributed by atoms with Crippen molar-refractivity contribution in [2.75, 3.05) is 16.8 Å². The van der Waals surface area contributed by atoms with Crippen molar-refractivity contribution in [3.05, 3.63) is 24.3 Å². The zero-order valence-corrected chi connectivity index (χ0v) is 14.8. The number of nitrogens with zero attached hydrogens (tertiary/aromatic N) is 1. The fourth-order valence-corrected chi connectivity index (χ4v) is 2.53. The number of carboxylic acid groups (broad SMARTS) is 1. The van der Waals surface area contributed by atoms with Gasteiger partial charge in [-0.2, -0.15) is 0 Å². The highest BCUT2D eigenvalue weighted by molar-refractivity contribution is 6.10. The van der Waals surface area contributed by atoms with Crippen LogP contribution in [0.15, 0.2) is 24.3 Å². The Morgan fingerprint density at radius 1 is 1.15 bits per heavy atom. The molecule has 0 spiro atoms. The number of fused-ring (bicyclic) bond motifs is 1. The number of rotatable bonds is 5. The Kier molecular flexibility index (Phi) is 5.81.